The van der Waals surface area contributed by atoms with E-state index in [1.807, 2.05) is 0 Å². The van der Waals surface area contributed by atoms with Crippen molar-refractivity contribution in [1.29, 1.82) is 0 Å². The van der Waals surface area contributed by atoms with Crippen LogP contribution in [0.3, 0.4) is 0 Å². The van der Waals surface area contributed by atoms with Crippen LogP contribution in [0, 0.1) is 0 Å². The molecule has 0 fully saturated rings. The Labute approximate surface area is 247 Å². The van der Waals surface area contributed by atoms with Crippen LogP contribution in [0.15, 0.2) is 72.9 Å². The minimum Gasteiger partial charge on any atom is -0.457 e. The van der Waals surface area contributed by atoms with Gasteiger partial charge < -0.3 is 14.6 Å². The molecule has 1 atom stereocenters. The first-order valence-corrected chi connectivity index (χ1v) is 16.0. The third-order valence-electron chi connectivity index (χ3n) is 6.30. The van der Waals surface area contributed by atoms with E-state index in [0.29, 0.717) is 13.0 Å². The van der Waals surface area contributed by atoms with Gasteiger partial charge in [-0.05, 0) is 57.8 Å². The Bertz CT molecular complexity index is 714. The molecule has 0 saturated carbocycles. The molecular formula is C36H60O4. The second-order valence-corrected chi connectivity index (χ2v) is 10.2. The van der Waals surface area contributed by atoms with Gasteiger partial charge in [0, 0.05) is 13.0 Å². The zero-order chi connectivity index (χ0) is 29.2. The van der Waals surface area contributed by atoms with Crippen LogP contribution < -0.4 is 0 Å². The molecule has 0 bridgehead atoms. The number of rotatable bonds is 28. The molecule has 0 aromatic rings. The molecule has 0 aliphatic carbocycles. The lowest BCUT2D eigenvalue weighted by Gasteiger charge is -2.15. The number of allylic oxidation sites excluding steroid dienone is 12. The molecule has 0 heterocycles. The summed E-state index contributed by atoms with van der Waals surface area (Å²) in [5, 5.41) is 9.47. The first-order chi connectivity index (χ1) is 19.7. The molecule has 1 N–H and O–H groups in total. The molecule has 0 aliphatic rings. The van der Waals surface area contributed by atoms with Gasteiger partial charge in [0.25, 0.3) is 0 Å². The lowest BCUT2D eigenvalue weighted by atomic mass is 10.1. The Morgan fingerprint density at radius 3 is 1.60 bits per heavy atom. The number of esters is 1. The van der Waals surface area contributed by atoms with Gasteiger partial charge in [0.1, 0.15) is 6.10 Å². The fourth-order valence-electron chi connectivity index (χ4n) is 3.93. The summed E-state index contributed by atoms with van der Waals surface area (Å²) in [6.07, 6.45) is 43.8. The van der Waals surface area contributed by atoms with Crippen molar-refractivity contribution < 1.29 is 19.4 Å². The molecule has 40 heavy (non-hydrogen) atoms. The van der Waals surface area contributed by atoms with Gasteiger partial charge in [0.15, 0.2) is 0 Å². The molecule has 0 aliphatic heterocycles. The average Bonchev–Trinajstić information content (AvgIpc) is 2.96. The molecule has 0 spiro atoms. The quantitative estimate of drug-likeness (QED) is 0.0592. The predicted molar refractivity (Wildman–Crippen MR) is 172 cm³/mol. The van der Waals surface area contributed by atoms with Crippen LogP contribution in [-0.4, -0.2) is 37.0 Å². The van der Waals surface area contributed by atoms with E-state index in [4.69, 9.17) is 9.47 Å². The Morgan fingerprint density at radius 2 is 1.10 bits per heavy atom. The molecule has 0 aromatic heterocycles. The van der Waals surface area contributed by atoms with Crippen molar-refractivity contribution in [3.8, 4) is 0 Å². The van der Waals surface area contributed by atoms with E-state index in [1.54, 1.807) is 0 Å². The molecule has 0 radical (unpaired) electrons. The maximum atomic E-state index is 12.0. The SMILES string of the molecule is CC/C=C\C/C=C\C/C=C\C/C=C\C/C=C\C/C=C\CCCOCC(CO)OC(=O)CCCCCCCCCC. The van der Waals surface area contributed by atoms with Crippen molar-refractivity contribution in [2.75, 3.05) is 19.8 Å². The number of carbonyl (C=O) groups excluding carboxylic acids is 1. The van der Waals surface area contributed by atoms with Gasteiger partial charge in [-0.25, -0.2) is 0 Å². The monoisotopic (exact) mass is 556 g/mol. The summed E-state index contributed by atoms with van der Waals surface area (Å²) in [5.41, 5.74) is 0. The number of aliphatic hydroxyl groups excluding tert-OH is 1. The molecule has 228 valence electrons. The lowest BCUT2D eigenvalue weighted by Crippen LogP contribution is -2.27. The summed E-state index contributed by atoms with van der Waals surface area (Å²) in [5.74, 6) is -0.230. The van der Waals surface area contributed by atoms with E-state index >= 15 is 0 Å². The molecule has 0 saturated heterocycles. The van der Waals surface area contributed by atoms with Crippen LogP contribution >= 0.6 is 0 Å². The lowest BCUT2D eigenvalue weighted by molar-refractivity contribution is -0.154. The topological polar surface area (TPSA) is 55.8 Å². The van der Waals surface area contributed by atoms with Gasteiger partial charge in [-0.3, -0.25) is 4.79 Å². The highest BCUT2D eigenvalue weighted by molar-refractivity contribution is 5.69. The van der Waals surface area contributed by atoms with E-state index in [0.717, 1.165) is 64.2 Å². The number of ether oxygens (including phenoxy) is 2. The molecule has 4 heteroatoms. The van der Waals surface area contributed by atoms with Gasteiger partial charge >= 0.3 is 5.97 Å². The fraction of sp³-hybridized carbons (Fsp3) is 0.639. The smallest absolute Gasteiger partial charge is 0.306 e. The van der Waals surface area contributed by atoms with E-state index < -0.39 is 6.10 Å². The molecule has 0 rings (SSSR count). The predicted octanol–water partition coefficient (Wildman–Crippen LogP) is 9.92. The van der Waals surface area contributed by atoms with Crippen molar-refractivity contribution in [2.45, 2.75) is 129 Å². The van der Waals surface area contributed by atoms with E-state index in [2.05, 4.69) is 86.8 Å². The van der Waals surface area contributed by atoms with Crippen LogP contribution in [0.1, 0.15) is 123 Å². The maximum Gasteiger partial charge on any atom is 0.306 e. The zero-order valence-corrected chi connectivity index (χ0v) is 25.8. The van der Waals surface area contributed by atoms with Crippen LogP contribution in [-0.2, 0) is 14.3 Å². The summed E-state index contributed by atoms with van der Waals surface area (Å²) in [6.45, 7) is 5.03. The Morgan fingerprint density at radius 1 is 0.625 bits per heavy atom. The number of unbranched alkanes of at least 4 members (excludes halogenated alkanes) is 8. The van der Waals surface area contributed by atoms with Crippen LogP contribution in [0.5, 0.6) is 0 Å². The summed E-state index contributed by atoms with van der Waals surface area (Å²) >= 11 is 0. The summed E-state index contributed by atoms with van der Waals surface area (Å²) < 4.78 is 11.0. The third kappa shape index (κ3) is 30.4. The summed E-state index contributed by atoms with van der Waals surface area (Å²) in [4.78, 5) is 12.0. The molecular weight excluding hydrogens is 496 g/mol. The van der Waals surface area contributed by atoms with Gasteiger partial charge in [0.05, 0.1) is 13.2 Å². The van der Waals surface area contributed by atoms with Crippen molar-refractivity contribution in [3.63, 3.8) is 0 Å². The first kappa shape index (κ1) is 37.8. The molecule has 1 unspecified atom stereocenters. The largest absolute Gasteiger partial charge is 0.457 e. The number of hydrogen-bond donors (Lipinski definition) is 1. The Balaban J connectivity index is 3.63. The molecule has 4 nitrogen and oxygen atoms in total. The van der Waals surface area contributed by atoms with E-state index in [1.165, 1.54) is 38.5 Å². The highest BCUT2D eigenvalue weighted by Crippen LogP contribution is 2.10. The maximum absolute atomic E-state index is 12.0. The normalized spacial score (nSPS) is 13.4. The number of carbonyl (C=O) groups is 1. The van der Waals surface area contributed by atoms with Crippen molar-refractivity contribution in [1.82, 2.24) is 0 Å². The minimum atomic E-state index is -0.563. The second kappa shape index (κ2) is 33.0. The fourth-order valence-corrected chi connectivity index (χ4v) is 3.93. The molecule has 0 amide bonds. The van der Waals surface area contributed by atoms with Gasteiger partial charge in [-0.15, -0.1) is 0 Å². The zero-order valence-electron chi connectivity index (χ0n) is 25.8. The highest BCUT2D eigenvalue weighted by atomic mass is 16.6. The first-order valence-electron chi connectivity index (χ1n) is 16.0. The number of hydrogen-bond acceptors (Lipinski definition) is 4. The Hall–Kier alpha value is -2.17. The van der Waals surface area contributed by atoms with Gasteiger partial charge in [-0.1, -0.05) is 132 Å². The van der Waals surface area contributed by atoms with Crippen molar-refractivity contribution in [2.24, 2.45) is 0 Å². The van der Waals surface area contributed by atoms with E-state index in [9.17, 15) is 9.90 Å². The Kier molecular flexibility index (Phi) is 31.2. The summed E-state index contributed by atoms with van der Waals surface area (Å²) in [6, 6.07) is 0. The van der Waals surface area contributed by atoms with Crippen LogP contribution in [0.2, 0.25) is 0 Å². The summed E-state index contributed by atoms with van der Waals surface area (Å²) in [7, 11) is 0. The standard InChI is InChI=1S/C36H60O4/c1-3-5-7-9-11-13-14-15-16-17-18-19-20-21-22-23-24-26-28-30-32-39-34-35(33-37)40-36(38)31-29-27-25-12-10-8-6-4-2/h5,7,11,13,15-16,18-19,21-22,24,26,35,37H,3-4,6,8-10,12,14,17,20,23,25,27-34H2,1-2H3/b7-5-,13-11-,16-15-,19-18-,22-21-,26-24-. The van der Waals surface area contributed by atoms with E-state index in [-0.39, 0.29) is 19.2 Å². The van der Waals surface area contributed by atoms with Crippen LogP contribution in [0.4, 0.5) is 0 Å². The molecule has 0 aromatic carbocycles. The average molecular weight is 557 g/mol. The second-order valence-electron chi connectivity index (χ2n) is 10.2. The highest BCUT2D eigenvalue weighted by Gasteiger charge is 2.13. The van der Waals surface area contributed by atoms with Crippen molar-refractivity contribution in [3.05, 3.63) is 72.9 Å². The third-order valence-corrected chi connectivity index (χ3v) is 6.30. The van der Waals surface area contributed by atoms with Crippen LogP contribution in [0.25, 0.3) is 0 Å². The van der Waals surface area contributed by atoms with Crippen molar-refractivity contribution >= 4 is 5.97 Å². The van der Waals surface area contributed by atoms with Gasteiger partial charge in [0.2, 0.25) is 0 Å². The minimum absolute atomic E-state index is 0.198. The number of aliphatic hydroxyl groups is 1. The van der Waals surface area contributed by atoms with Gasteiger partial charge in [-0.2, -0.15) is 0 Å².